The molecule has 15 heteroatoms. The lowest BCUT2D eigenvalue weighted by Gasteiger charge is -2.21. The van der Waals surface area contributed by atoms with Crippen molar-refractivity contribution in [1.29, 1.82) is 0 Å². The molecule has 184 valence electrons. The summed E-state index contributed by atoms with van der Waals surface area (Å²) in [4.78, 5) is 24.3. The van der Waals surface area contributed by atoms with Gasteiger partial charge in [-0.2, -0.15) is 31.6 Å². The summed E-state index contributed by atoms with van der Waals surface area (Å²) < 4.78 is 90.3. The van der Waals surface area contributed by atoms with Gasteiger partial charge in [0.05, 0.1) is 24.0 Å². The van der Waals surface area contributed by atoms with E-state index < -0.39 is 34.4 Å². The Morgan fingerprint density at radius 2 is 1.86 bits per heavy atom. The summed E-state index contributed by atoms with van der Waals surface area (Å²) in [6.07, 6.45) is -2.32. The first-order chi connectivity index (χ1) is 16.3. The quantitative estimate of drug-likeness (QED) is 0.308. The van der Waals surface area contributed by atoms with E-state index in [4.69, 9.17) is 0 Å². The number of halogens is 5. The average molecular weight is 515 g/mol. The second kappa shape index (κ2) is 8.57. The molecule has 0 saturated heterocycles. The second-order valence-corrected chi connectivity index (χ2v) is 9.67. The van der Waals surface area contributed by atoms with E-state index >= 15 is 0 Å². The Morgan fingerprint density at radius 3 is 2.49 bits per heavy atom. The van der Waals surface area contributed by atoms with Crippen LogP contribution in [0.15, 0.2) is 58.9 Å². The summed E-state index contributed by atoms with van der Waals surface area (Å²) in [6.45, 7) is -0.440. The maximum Gasteiger partial charge on any atom is 0.455 e. The highest BCUT2D eigenvalue weighted by Crippen LogP contribution is 2.37. The minimum atomic E-state index is -5.86. The van der Waals surface area contributed by atoms with Gasteiger partial charge in [0.15, 0.2) is 5.82 Å². The molecule has 4 aromatic rings. The van der Waals surface area contributed by atoms with Crippen LogP contribution < -0.4 is 5.56 Å². The van der Waals surface area contributed by atoms with Gasteiger partial charge in [0.1, 0.15) is 24.1 Å². The highest BCUT2D eigenvalue weighted by atomic mass is 32.3. The van der Waals surface area contributed by atoms with Crippen LogP contribution in [0.2, 0.25) is 0 Å². The standard InChI is InChI=1S/C20H15F5N6O3S/c1-2-35(33,34)15-4-5-16(31-11-26-10-28-31)29-18(15)13-7-12-3-6-17(32)30(14(12)8-27-13)9-19(21,22)20(23,24)25/h3-8,10-11H,2,9H2,1H3/p+1. The molecule has 4 rings (SSSR count). The van der Waals surface area contributed by atoms with E-state index in [1.165, 1.54) is 48.5 Å². The summed E-state index contributed by atoms with van der Waals surface area (Å²) in [5.74, 6) is -5.08. The molecule has 4 heterocycles. The van der Waals surface area contributed by atoms with Gasteiger partial charge >= 0.3 is 12.1 Å². The Morgan fingerprint density at radius 1 is 1.11 bits per heavy atom. The van der Waals surface area contributed by atoms with Crippen LogP contribution in [0.1, 0.15) is 6.92 Å². The highest BCUT2D eigenvalue weighted by Gasteiger charge is 2.57. The third-order valence-electron chi connectivity index (χ3n) is 5.12. The van der Waals surface area contributed by atoms with Crippen molar-refractivity contribution < 1.29 is 30.7 Å². The Hall–Kier alpha value is -3.59. The molecule has 0 saturated carbocycles. The molecule has 0 spiro atoms. The smallest absolute Gasteiger partial charge is 0.300 e. The topological polar surface area (TPSA) is 116 Å². The van der Waals surface area contributed by atoms with Gasteiger partial charge in [0.25, 0.3) is 5.56 Å². The lowest BCUT2D eigenvalue weighted by molar-refractivity contribution is -0.286. The van der Waals surface area contributed by atoms with E-state index in [2.05, 4.69) is 20.1 Å². The van der Waals surface area contributed by atoms with Gasteiger partial charge in [-0.3, -0.25) is 9.78 Å². The Kier molecular flexibility index (Phi) is 6.00. The predicted molar refractivity (Wildman–Crippen MR) is 115 cm³/mol. The fourth-order valence-corrected chi connectivity index (χ4v) is 4.30. The predicted octanol–water partition coefficient (Wildman–Crippen LogP) is 3.59. The normalized spacial score (nSPS) is 14.3. The number of alkyl halides is 5. The number of fused-ring (bicyclic) bond motifs is 1. The molecule has 1 N–H and O–H groups in total. The van der Waals surface area contributed by atoms with Crippen molar-refractivity contribution in [2.75, 3.05) is 5.75 Å². The number of hydrogen-bond acceptors (Lipinski definition) is 6. The molecule has 9 nitrogen and oxygen atoms in total. The van der Waals surface area contributed by atoms with Crippen molar-refractivity contribution in [1.82, 2.24) is 29.3 Å². The molecule has 0 radical (unpaired) electrons. The summed E-state index contributed by atoms with van der Waals surface area (Å²) in [5, 5.41) is 4.04. The summed E-state index contributed by atoms with van der Waals surface area (Å²) >= 11 is 0. The van der Waals surface area contributed by atoms with Gasteiger partial charge in [-0.1, -0.05) is 4.21 Å². The van der Waals surface area contributed by atoms with Crippen molar-refractivity contribution in [2.45, 2.75) is 30.5 Å². The number of aromatic nitrogens is 6. The monoisotopic (exact) mass is 515 g/mol. The zero-order valence-electron chi connectivity index (χ0n) is 17.8. The van der Waals surface area contributed by atoms with E-state index in [9.17, 15) is 35.5 Å². The SMILES string of the molecule is CC[S+](=O)(O)c1ccc(-n2cncn2)nc1-c1cc2ccc(=O)n(CC(F)(F)C(F)(F)F)c2cn1. The molecule has 0 aliphatic carbocycles. The first-order valence-electron chi connectivity index (χ1n) is 9.89. The van der Waals surface area contributed by atoms with E-state index in [1.54, 1.807) is 0 Å². The summed E-state index contributed by atoms with van der Waals surface area (Å²) in [7, 11) is -3.55. The van der Waals surface area contributed by atoms with Gasteiger partial charge in [-0.25, -0.2) is 14.6 Å². The van der Waals surface area contributed by atoms with Gasteiger partial charge in [-0.15, -0.1) is 0 Å². The Bertz CT molecular complexity index is 1500. The molecular weight excluding hydrogens is 499 g/mol. The van der Waals surface area contributed by atoms with Crippen LogP contribution in [-0.4, -0.2) is 51.7 Å². The third kappa shape index (κ3) is 4.55. The molecular formula is C20H16F5N6O3S+. The zero-order chi connectivity index (χ0) is 25.6. The fraction of sp³-hybridized carbons (Fsp3) is 0.250. The fourth-order valence-electron chi connectivity index (χ4n) is 3.26. The van der Waals surface area contributed by atoms with Crippen LogP contribution in [0.5, 0.6) is 0 Å². The minimum Gasteiger partial charge on any atom is -0.300 e. The molecule has 0 aliphatic heterocycles. The van der Waals surface area contributed by atoms with E-state index in [0.717, 1.165) is 12.3 Å². The molecule has 4 aromatic heterocycles. The first-order valence-corrected chi connectivity index (χ1v) is 11.6. The molecule has 0 aliphatic rings. The molecule has 35 heavy (non-hydrogen) atoms. The Balaban J connectivity index is 1.90. The van der Waals surface area contributed by atoms with Gasteiger partial charge in [0, 0.05) is 17.5 Å². The van der Waals surface area contributed by atoms with E-state index in [-0.39, 0.29) is 43.3 Å². The first kappa shape index (κ1) is 24.5. The van der Waals surface area contributed by atoms with Crippen LogP contribution in [-0.2, 0) is 21.0 Å². The van der Waals surface area contributed by atoms with Crippen molar-refractivity contribution in [3.8, 4) is 17.2 Å². The number of hydrogen-bond donors (Lipinski definition) is 1. The maximum atomic E-state index is 13.7. The number of nitrogens with zero attached hydrogens (tertiary/aromatic N) is 6. The van der Waals surface area contributed by atoms with Gasteiger partial charge in [-0.05, 0) is 25.1 Å². The molecule has 0 aromatic carbocycles. The van der Waals surface area contributed by atoms with E-state index in [0.29, 0.717) is 0 Å². The molecule has 0 fully saturated rings. The van der Waals surface area contributed by atoms with Crippen molar-refractivity contribution in [2.24, 2.45) is 0 Å². The van der Waals surface area contributed by atoms with Crippen molar-refractivity contribution >= 4 is 21.1 Å². The van der Waals surface area contributed by atoms with Crippen LogP contribution in [0, 0.1) is 0 Å². The second-order valence-electron chi connectivity index (χ2n) is 7.37. The average Bonchev–Trinajstić information content (AvgIpc) is 3.34. The number of pyridine rings is 3. The maximum absolute atomic E-state index is 13.7. The van der Waals surface area contributed by atoms with Crippen LogP contribution in [0.25, 0.3) is 28.1 Å². The molecule has 0 bridgehead atoms. The van der Waals surface area contributed by atoms with Crippen LogP contribution in [0.4, 0.5) is 22.0 Å². The molecule has 1 unspecified atom stereocenters. The van der Waals surface area contributed by atoms with Gasteiger partial charge in [0.2, 0.25) is 15.1 Å². The third-order valence-corrected chi connectivity index (χ3v) is 6.92. The highest BCUT2D eigenvalue weighted by molar-refractivity contribution is 7.97. The van der Waals surface area contributed by atoms with E-state index in [1.807, 2.05) is 0 Å². The number of rotatable bonds is 6. The largest absolute Gasteiger partial charge is 0.455 e. The van der Waals surface area contributed by atoms with Gasteiger partial charge < -0.3 is 4.57 Å². The Labute approximate surface area is 194 Å². The lowest BCUT2D eigenvalue weighted by Crippen LogP contribution is -2.42. The van der Waals surface area contributed by atoms with Crippen molar-refractivity contribution in [3.05, 3.63) is 59.5 Å². The van der Waals surface area contributed by atoms with Crippen molar-refractivity contribution in [3.63, 3.8) is 0 Å². The zero-order valence-corrected chi connectivity index (χ0v) is 18.6. The molecule has 1 atom stereocenters. The summed E-state index contributed by atoms with van der Waals surface area (Å²) in [6, 6.07) is 6.15. The lowest BCUT2D eigenvalue weighted by atomic mass is 10.1. The minimum absolute atomic E-state index is 0.0254. The summed E-state index contributed by atoms with van der Waals surface area (Å²) in [5.41, 5.74) is -1.36. The van der Waals surface area contributed by atoms with Crippen LogP contribution in [0.3, 0.4) is 0 Å². The van der Waals surface area contributed by atoms with Crippen LogP contribution >= 0.6 is 0 Å². The molecule has 0 amide bonds.